The Hall–Kier alpha value is -0.420. The number of anilines is 1. The van der Waals surface area contributed by atoms with Crippen molar-refractivity contribution in [3.63, 3.8) is 0 Å². The zero-order valence-electron chi connectivity index (χ0n) is 11.9. The Morgan fingerprint density at radius 3 is 2.32 bits per heavy atom. The number of halogens is 4. The maximum atomic E-state index is 6.01. The lowest BCUT2D eigenvalue weighted by Gasteiger charge is -2.13. The lowest BCUT2D eigenvalue weighted by Crippen LogP contribution is -2.01. The molecule has 22 heavy (non-hydrogen) atoms. The van der Waals surface area contributed by atoms with Gasteiger partial charge in [0.15, 0.2) is 0 Å². The fraction of sp³-hybridized carbons (Fsp3) is 0.250. The van der Waals surface area contributed by atoms with Crippen LogP contribution in [0.5, 0.6) is 5.75 Å². The van der Waals surface area contributed by atoms with E-state index in [4.69, 9.17) is 27.9 Å². The lowest BCUT2D eigenvalue weighted by atomic mass is 10.2. The van der Waals surface area contributed by atoms with Crippen molar-refractivity contribution in [1.82, 2.24) is 0 Å². The normalized spacial score (nSPS) is 10.6. The van der Waals surface area contributed by atoms with Gasteiger partial charge in [-0.05, 0) is 74.2 Å². The van der Waals surface area contributed by atoms with Crippen LogP contribution in [-0.4, -0.2) is 6.61 Å². The summed E-state index contributed by atoms with van der Waals surface area (Å²) in [5, 5.41) is 4.41. The van der Waals surface area contributed by atoms with Crippen molar-refractivity contribution < 1.29 is 4.74 Å². The number of ether oxygens (including phenoxy) is 1. The van der Waals surface area contributed by atoms with Crippen LogP contribution in [-0.2, 0) is 6.54 Å². The summed E-state index contributed by atoms with van der Waals surface area (Å²) in [6, 6.07) is 9.57. The van der Waals surface area contributed by atoms with Crippen LogP contribution in [0.2, 0.25) is 10.0 Å². The van der Waals surface area contributed by atoms with E-state index >= 15 is 0 Å². The van der Waals surface area contributed by atoms with Gasteiger partial charge in [-0.15, -0.1) is 0 Å². The molecule has 2 rings (SSSR count). The van der Waals surface area contributed by atoms with E-state index in [2.05, 4.69) is 44.1 Å². The predicted molar refractivity (Wildman–Crippen MR) is 101 cm³/mol. The van der Waals surface area contributed by atoms with E-state index < -0.39 is 0 Å². The third-order valence-corrected chi connectivity index (χ3v) is 4.84. The molecule has 0 saturated carbocycles. The van der Waals surface area contributed by atoms with Gasteiger partial charge in [0.1, 0.15) is 5.75 Å². The van der Waals surface area contributed by atoms with E-state index in [1.807, 2.05) is 24.3 Å². The molecule has 0 bridgehead atoms. The molecule has 0 unspecified atom stereocenters. The highest BCUT2D eigenvalue weighted by atomic mass is 79.9. The van der Waals surface area contributed by atoms with Crippen molar-refractivity contribution in [3.05, 3.63) is 54.9 Å². The van der Waals surface area contributed by atoms with Gasteiger partial charge in [0.05, 0.1) is 25.6 Å². The van der Waals surface area contributed by atoms with Gasteiger partial charge in [-0.3, -0.25) is 0 Å². The third kappa shape index (κ3) is 4.79. The molecule has 0 saturated heterocycles. The van der Waals surface area contributed by atoms with E-state index in [9.17, 15) is 0 Å². The fourth-order valence-electron chi connectivity index (χ4n) is 1.87. The van der Waals surface area contributed by atoms with Crippen LogP contribution in [0.4, 0.5) is 5.69 Å². The van der Waals surface area contributed by atoms with Gasteiger partial charge in [-0.25, -0.2) is 0 Å². The molecule has 0 heterocycles. The maximum absolute atomic E-state index is 6.01. The number of rotatable bonds is 6. The monoisotopic (exact) mass is 465 g/mol. The van der Waals surface area contributed by atoms with Gasteiger partial charge in [-0.2, -0.15) is 0 Å². The maximum Gasteiger partial charge on any atom is 0.147 e. The largest absolute Gasteiger partial charge is 0.491 e. The molecular weight excluding hydrogens is 453 g/mol. The van der Waals surface area contributed by atoms with E-state index in [0.717, 1.165) is 32.4 Å². The molecule has 2 nitrogen and oxygen atoms in total. The topological polar surface area (TPSA) is 21.3 Å². The number of nitrogens with one attached hydrogen (secondary N) is 1. The highest BCUT2D eigenvalue weighted by Gasteiger charge is 2.09. The van der Waals surface area contributed by atoms with Crippen molar-refractivity contribution in [1.29, 1.82) is 0 Å². The Kier molecular flexibility index (Phi) is 6.87. The van der Waals surface area contributed by atoms with Gasteiger partial charge < -0.3 is 10.1 Å². The Morgan fingerprint density at radius 1 is 1.05 bits per heavy atom. The van der Waals surface area contributed by atoms with E-state index in [0.29, 0.717) is 23.2 Å². The molecule has 0 fully saturated rings. The minimum Gasteiger partial charge on any atom is -0.491 e. The first-order valence-electron chi connectivity index (χ1n) is 6.81. The summed E-state index contributed by atoms with van der Waals surface area (Å²) in [6.07, 6.45) is 0.972. The van der Waals surface area contributed by atoms with Gasteiger partial charge in [0.25, 0.3) is 0 Å². The Bertz CT molecular complexity index is 642. The number of hydrogen-bond donors (Lipinski definition) is 1. The molecule has 118 valence electrons. The fourth-order valence-corrected chi connectivity index (χ4v) is 3.67. The van der Waals surface area contributed by atoms with Crippen LogP contribution < -0.4 is 10.1 Å². The van der Waals surface area contributed by atoms with Crippen molar-refractivity contribution in [2.24, 2.45) is 0 Å². The molecule has 2 aromatic carbocycles. The van der Waals surface area contributed by atoms with E-state index in [1.54, 1.807) is 6.07 Å². The summed E-state index contributed by atoms with van der Waals surface area (Å²) in [5.41, 5.74) is 2.04. The smallest absolute Gasteiger partial charge is 0.147 e. The minimum absolute atomic E-state index is 0.539. The van der Waals surface area contributed by atoms with Crippen molar-refractivity contribution in [3.8, 4) is 5.75 Å². The Morgan fingerprint density at radius 2 is 1.73 bits per heavy atom. The van der Waals surface area contributed by atoms with Crippen LogP contribution in [0.1, 0.15) is 18.9 Å². The predicted octanol–water partition coefficient (Wildman–Crippen LogP) is 6.92. The van der Waals surface area contributed by atoms with Crippen molar-refractivity contribution in [2.75, 3.05) is 11.9 Å². The standard InChI is InChI=1S/C16H15Br2Cl2NO/c1-2-5-22-16-12(17)6-10(7-13(16)18)9-21-11-3-4-14(19)15(20)8-11/h3-4,6-8,21H,2,5,9H2,1H3. The van der Waals surface area contributed by atoms with Crippen LogP contribution in [0.25, 0.3) is 0 Å². The second-order valence-electron chi connectivity index (χ2n) is 4.72. The molecule has 0 aliphatic rings. The zero-order valence-corrected chi connectivity index (χ0v) is 16.6. The highest BCUT2D eigenvalue weighted by molar-refractivity contribution is 9.11. The third-order valence-electron chi connectivity index (χ3n) is 2.92. The molecule has 0 aliphatic carbocycles. The quantitative estimate of drug-likeness (QED) is 0.497. The highest BCUT2D eigenvalue weighted by Crippen LogP contribution is 2.35. The first kappa shape index (κ1) is 17.9. The van der Waals surface area contributed by atoms with Gasteiger partial charge in [0, 0.05) is 12.2 Å². The number of hydrogen-bond acceptors (Lipinski definition) is 2. The van der Waals surface area contributed by atoms with Crippen LogP contribution in [0, 0.1) is 0 Å². The summed E-state index contributed by atoms with van der Waals surface area (Å²) in [4.78, 5) is 0. The van der Waals surface area contributed by atoms with Gasteiger partial charge in [-0.1, -0.05) is 30.1 Å². The summed E-state index contributed by atoms with van der Waals surface area (Å²) >= 11 is 19.0. The van der Waals surface area contributed by atoms with Crippen LogP contribution >= 0.6 is 55.1 Å². The van der Waals surface area contributed by atoms with Crippen molar-refractivity contribution in [2.45, 2.75) is 19.9 Å². The molecule has 6 heteroatoms. The molecule has 0 spiro atoms. The van der Waals surface area contributed by atoms with Crippen LogP contribution in [0.3, 0.4) is 0 Å². The molecule has 0 atom stereocenters. The summed E-state index contributed by atoms with van der Waals surface area (Å²) in [5.74, 6) is 0.833. The summed E-state index contributed by atoms with van der Waals surface area (Å²) in [7, 11) is 0. The van der Waals surface area contributed by atoms with Crippen LogP contribution in [0.15, 0.2) is 39.3 Å². The number of benzene rings is 2. The SMILES string of the molecule is CCCOc1c(Br)cc(CNc2ccc(Cl)c(Cl)c2)cc1Br. The van der Waals surface area contributed by atoms with Crippen molar-refractivity contribution >= 4 is 60.7 Å². The molecule has 2 aromatic rings. The molecule has 0 amide bonds. The molecule has 1 N–H and O–H groups in total. The van der Waals surface area contributed by atoms with E-state index in [-0.39, 0.29) is 0 Å². The summed E-state index contributed by atoms with van der Waals surface area (Å²) < 4.78 is 7.58. The Balaban J connectivity index is 2.08. The second-order valence-corrected chi connectivity index (χ2v) is 7.24. The Labute approximate surface area is 157 Å². The molecule has 0 aromatic heterocycles. The molecular formula is C16H15Br2Cl2NO. The van der Waals surface area contributed by atoms with Gasteiger partial charge in [0.2, 0.25) is 0 Å². The average Bonchev–Trinajstić information content (AvgIpc) is 2.48. The van der Waals surface area contributed by atoms with Gasteiger partial charge >= 0.3 is 0 Å². The zero-order chi connectivity index (χ0) is 16.1. The minimum atomic E-state index is 0.539. The average molecular weight is 468 g/mol. The van der Waals surface area contributed by atoms with E-state index in [1.165, 1.54) is 0 Å². The molecule has 0 aliphatic heterocycles. The second kappa shape index (κ2) is 8.44. The molecule has 0 radical (unpaired) electrons. The lowest BCUT2D eigenvalue weighted by molar-refractivity contribution is 0.313. The summed E-state index contributed by atoms with van der Waals surface area (Å²) in [6.45, 7) is 3.44. The first-order chi connectivity index (χ1) is 10.5. The first-order valence-corrected chi connectivity index (χ1v) is 9.15.